The molecule has 1 N–H and O–H groups in total. The SMILES string of the molecule is Cc1ccc([P+](c2ccccc2)(c2ccc(-c3ccccc3)cc2)c2ccc(-c3ccccc3)cc2)c(S(=O)(=O)O)c1. The molecule has 0 aliphatic heterocycles. The summed E-state index contributed by atoms with van der Waals surface area (Å²) in [6.07, 6.45) is 0. The second-order valence-corrected chi connectivity index (χ2v) is 15.0. The third-order valence-corrected chi connectivity index (χ3v) is 13.0. The average Bonchev–Trinajstić information content (AvgIpc) is 3.03. The molecule has 0 saturated heterocycles. The van der Waals surface area contributed by atoms with Crippen molar-refractivity contribution in [1.29, 1.82) is 0 Å². The van der Waals surface area contributed by atoms with Crippen LogP contribution in [0.2, 0.25) is 0 Å². The monoisotopic (exact) mass is 585 g/mol. The predicted octanol–water partition coefficient (Wildman–Crippen LogP) is 7.20. The molecular formula is C37H30O3PS+. The predicted molar refractivity (Wildman–Crippen MR) is 177 cm³/mol. The molecule has 206 valence electrons. The van der Waals surface area contributed by atoms with Crippen LogP contribution in [0.3, 0.4) is 0 Å². The van der Waals surface area contributed by atoms with Gasteiger partial charge in [0, 0.05) is 0 Å². The van der Waals surface area contributed by atoms with Crippen LogP contribution in [0.15, 0.2) is 163 Å². The first kappa shape index (κ1) is 27.8. The third kappa shape index (κ3) is 5.21. The van der Waals surface area contributed by atoms with Crippen LogP contribution in [-0.2, 0) is 10.1 Å². The molecule has 0 heterocycles. The van der Waals surface area contributed by atoms with Crippen LogP contribution < -0.4 is 21.2 Å². The lowest BCUT2D eigenvalue weighted by atomic mass is 10.1. The molecular weight excluding hydrogens is 555 g/mol. The Bertz CT molecular complexity index is 1840. The molecule has 0 atom stereocenters. The lowest BCUT2D eigenvalue weighted by molar-refractivity contribution is 0.484. The maximum absolute atomic E-state index is 13.0. The second kappa shape index (κ2) is 11.5. The Labute approximate surface area is 248 Å². The molecule has 0 bridgehead atoms. The van der Waals surface area contributed by atoms with Gasteiger partial charge >= 0.3 is 0 Å². The number of aryl methyl sites for hydroxylation is 1. The standard InChI is InChI=1S/C37H29O3PS/c1-28-17-26-36(37(27-28)42(38,39)40)41(33-15-9-4-10-16-33,34-22-18-31(19-23-34)29-11-5-2-6-12-29)35-24-20-32(21-25-35)30-13-7-3-8-14-30/h2-27H,1H3/p+1. The first-order chi connectivity index (χ1) is 20.4. The second-order valence-electron chi connectivity index (χ2n) is 10.3. The highest BCUT2D eigenvalue weighted by Gasteiger charge is 2.50. The largest absolute Gasteiger partial charge is 0.298 e. The van der Waals surface area contributed by atoms with E-state index in [0.717, 1.165) is 43.7 Å². The summed E-state index contributed by atoms with van der Waals surface area (Å²) < 4.78 is 36.6. The van der Waals surface area contributed by atoms with Gasteiger partial charge in [-0.1, -0.05) is 109 Å². The van der Waals surface area contributed by atoms with Gasteiger partial charge < -0.3 is 0 Å². The minimum Gasteiger partial charge on any atom is -0.282 e. The van der Waals surface area contributed by atoms with Crippen molar-refractivity contribution in [2.45, 2.75) is 11.8 Å². The molecule has 6 aromatic rings. The number of hydrogen-bond acceptors (Lipinski definition) is 2. The fourth-order valence-corrected chi connectivity index (χ4v) is 11.3. The van der Waals surface area contributed by atoms with E-state index in [1.54, 1.807) is 6.07 Å². The minimum atomic E-state index is -4.54. The highest BCUT2D eigenvalue weighted by Crippen LogP contribution is 2.55. The summed E-state index contributed by atoms with van der Waals surface area (Å²) in [6, 6.07) is 52.7. The van der Waals surface area contributed by atoms with E-state index < -0.39 is 17.4 Å². The van der Waals surface area contributed by atoms with E-state index in [-0.39, 0.29) is 4.90 Å². The summed E-state index contributed by atoms with van der Waals surface area (Å²) in [5.74, 6) is 0. The number of rotatable bonds is 7. The van der Waals surface area contributed by atoms with Crippen LogP contribution in [-0.4, -0.2) is 13.0 Å². The van der Waals surface area contributed by atoms with Gasteiger partial charge in [-0.3, -0.25) is 4.55 Å². The zero-order chi connectivity index (χ0) is 29.2. The van der Waals surface area contributed by atoms with Crippen molar-refractivity contribution in [1.82, 2.24) is 0 Å². The molecule has 0 spiro atoms. The summed E-state index contributed by atoms with van der Waals surface area (Å²) in [5, 5.41) is 3.59. The molecule has 6 aromatic carbocycles. The molecule has 0 unspecified atom stereocenters. The maximum Gasteiger partial charge on any atom is 0.298 e. The molecule has 5 heteroatoms. The highest BCUT2D eigenvalue weighted by atomic mass is 32.2. The average molecular weight is 586 g/mol. The van der Waals surface area contributed by atoms with Crippen LogP contribution in [0, 0.1) is 6.92 Å². The molecule has 6 rings (SSSR count). The van der Waals surface area contributed by atoms with E-state index in [2.05, 4.69) is 84.9 Å². The van der Waals surface area contributed by atoms with Crippen LogP contribution in [0.25, 0.3) is 22.3 Å². The topological polar surface area (TPSA) is 54.4 Å². The molecule has 3 nitrogen and oxygen atoms in total. The van der Waals surface area contributed by atoms with Gasteiger partial charge in [0.15, 0.2) is 0 Å². The van der Waals surface area contributed by atoms with Crippen LogP contribution in [0.1, 0.15) is 5.56 Å². The van der Waals surface area contributed by atoms with Gasteiger partial charge in [-0.15, -0.1) is 0 Å². The lowest BCUT2D eigenvalue weighted by Crippen LogP contribution is -2.40. The van der Waals surface area contributed by atoms with Gasteiger partial charge in [-0.2, -0.15) is 8.42 Å². The normalized spacial score (nSPS) is 11.8. The third-order valence-electron chi connectivity index (χ3n) is 7.62. The van der Waals surface area contributed by atoms with Crippen molar-refractivity contribution >= 4 is 38.6 Å². The molecule has 0 saturated carbocycles. The molecule has 0 aliphatic rings. The Balaban J connectivity index is 1.68. The van der Waals surface area contributed by atoms with Crippen molar-refractivity contribution in [3.05, 3.63) is 163 Å². The molecule has 0 radical (unpaired) electrons. The van der Waals surface area contributed by atoms with Crippen molar-refractivity contribution < 1.29 is 13.0 Å². The van der Waals surface area contributed by atoms with E-state index in [4.69, 9.17) is 0 Å². The summed E-state index contributed by atoms with van der Waals surface area (Å²) in [6.45, 7) is 1.84. The van der Waals surface area contributed by atoms with Crippen molar-refractivity contribution in [2.24, 2.45) is 0 Å². The zero-order valence-electron chi connectivity index (χ0n) is 23.1. The fraction of sp³-hybridized carbons (Fsp3) is 0.0270. The molecule has 0 fully saturated rings. The van der Waals surface area contributed by atoms with Gasteiger partial charge in [0.2, 0.25) is 0 Å². The molecule has 0 aromatic heterocycles. The Kier molecular flexibility index (Phi) is 7.62. The van der Waals surface area contributed by atoms with E-state index >= 15 is 0 Å². The van der Waals surface area contributed by atoms with E-state index in [1.165, 1.54) is 0 Å². The summed E-state index contributed by atoms with van der Waals surface area (Å²) in [4.78, 5) is -0.0565. The van der Waals surface area contributed by atoms with Crippen molar-refractivity contribution in [3.63, 3.8) is 0 Å². The number of benzene rings is 6. The Morgan fingerprint density at radius 3 is 1.29 bits per heavy atom. The summed E-state index contributed by atoms with van der Waals surface area (Å²) >= 11 is 0. The molecule has 42 heavy (non-hydrogen) atoms. The van der Waals surface area contributed by atoms with Gasteiger partial charge in [-0.05, 0) is 83.3 Å². The van der Waals surface area contributed by atoms with Crippen molar-refractivity contribution in [2.75, 3.05) is 0 Å². The van der Waals surface area contributed by atoms with E-state index in [1.807, 2.05) is 73.7 Å². The maximum atomic E-state index is 13.0. The van der Waals surface area contributed by atoms with Crippen molar-refractivity contribution in [3.8, 4) is 22.3 Å². The Morgan fingerprint density at radius 1 is 0.476 bits per heavy atom. The van der Waals surface area contributed by atoms with Crippen LogP contribution >= 0.6 is 7.26 Å². The smallest absolute Gasteiger partial charge is 0.282 e. The lowest BCUT2D eigenvalue weighted by Gasteiger charge is -2.29. The quantitative estimate of drug-likeness (QED) is 0.159. The highest BCUT2D eigenvalue weighted by molar-refractivity contribution is 8.02. The van der Waals surface area contributed by atoms with Crippen LogP contribution in [0.5, 0.6) is 0 Å². The van der Waals surface area contributed by atoms with Crippen LogP contribution in [0.4, 0.5) is 0 Å². The van der Waals surface area contributed by atoms with E-state index in [0.29, 0.717) is 5.30 Å². The number of hydrogen-bond donors (Lipinski definition) is 1. The van der Waals surface area contributed by atoms with Gasteiger partial charge in [0.1, 0.15) is 33.4 Å². The van der Waals surface area contributed by atoms with Gasteiger partial charge in [-0.25, -0.2) is 0 Å². The van der Waals surface area contributed by atoms with E-state index in [9.17, 15) is 13.0 Å². The molecule has 0 amide bonds. The molecule has 0 aliphatic carbocycles. The summed E-state index contributed by atoms with van der Waals surface area (Å²) in [5.41, 5.74) is 5.12. The Morgan fingerprint density at radius 2 is 0.857 bits per heavy atom. The first-order valence-electron chi connectivity index (χ1n) is 13.7. The Hall–Kier alpha value is -4.34. The van der Waals surface area contributed by atoms with Gasteiger partial charge in [0.05, 0.1) is 0 Å². The van der Waals surface area contributed by atoms with Gasteiger partial charge in [0.25, 0.3) is 10.1 Å². The first-order valence-corrected chi connectivity index (χ1v) is 17.0. The zero-order valence-corrected chi connectivity index (χ0v) is 24.8. The minimum absolute atomic E-state index is 0.0565. The summed E-state index contributed by atoms with van der Waals surface area (Å²) in [7, 11) is -7.36. The fourth-order valence-electron chi connectivity index (χ4n) is 5.64.